The first kappa shape index (κ1) is 15.2. The summed E-state index contributed by atoms with van der Waals surface area (Å²) in [5.41, 5.74) is 5.77. The molecule has 0 radical (unpaired) electrons. The summed E-state index contributed by atoms with van der Waals surface area (Å²) in [7, 11) is 6.38. The van der Waals surface area contributed by atoms with Crippen LogP contribution >= 0.6 is 0 Å². The van der Waals surface area contributed by atoms with Crippen LogP contribution in [0.2, 0.25) is 0 Å². The van der Waals surface area contributed by atoms with Gasteiger partial charge in [-0.25, -0.2) is 0 Å². The second-order valence-corrected chi connectivity index (χ2v) is 5.45. The fourth-order valence-corrected chi connectivity index (χ4v) is 2.50. The Morgan fingerprint density at radius 1 is 1.11 bits per heavy atom. The lowest BCUT2D eigenvalue weighted by Gasteiger charge is -2.27. The normalized spacial score (nSPS) is 13.1. The quantitative estimate of drug-likeness (QED) is 0.778. The third-order valence-electron chi connectivity index (χ3n) is 3.99. The zero-order valence-electron chi connectivity index (χ0n) is 12.8. The van der Waals surface area contributed by atoms with Gasteiger partial charge in [0.1, 0.15) is 0 Å². The minimum atomic E-state index is 0.526. The average Bonchev–Trinajstić information content (AvgIpc) is 2.33. The number of hydrogen-bond donors (Lipinski definition) is 1. The van der Waals surface area contributed by atoms with Gasteiger partial charge in [-0.3, -0.25) is 0 Å². The summed E-state index contributed by atoms with van der Waals surface area (Å²) in [5.74, 6) is 0. The Bertz CT molecular complexity index is 383. The van der Waals surface area contributed by atoms with Gasteiger partial charge < -0.3 is 10.2 Å². The predicted molar refractivity (Wildman–Crippen MR) is 80.2 cm³/mol. The van der Waals surface area contributed by atoms with Crippen LogP contribution in [-0.4, -0.2) is 32.6 Å². The van der Waals surface area contributed by atoms with Crippen molar-refractivity contribution < 1.29 is 0 Å². The van der Waals surface area contributed by atoms with Gasteiger partial charge in [0.15, 0.2) is 0 Å². The highest BCUT2D eigenvalue weighted by atomic mass is 15.1. The molecule has 0 saturated heterocycles. The van der Waals surface area contributed by atoms with Crippen molar-refractivity contribution in [2.75, 3.05) is 27.7 Å². The maximum absolute atomic E-state index is 3.23. The van der Waals surface area contributed by atoms with Gasteiger partial charge in [0.2, 0.25) is 0 Å². The van der Waals surface area contributed by atoms with E-state index in [2.05, 4.69) is 57.2 Å². The lowest BCUT2D eigenvalue weighted by Crippen LogP contribution is -2.22. The van der Waals surface area contributed by atoms with Crippen LogP contribution in [0.1, 0.15) is 41.1 Å². The molecule has 0 aromatic heterocycles. The topological polar surface area (TPSA) is 15.3 Å². The van der Waals surface area contributed by atoms with Gasteiger partial charge in [0.25, 0.3) is 0 Å². The van der Waals surface area contributed by atoms with Crippen molar-refractivity contribution in [1.82, 2.24) is 10.2 Å². The van der Waals surface area contributed by atoms with Crippen molar-refractivity contribution in [3.05, 3.63) is 34.4 Å². The lowest BCUT2D eigenvalue weighted by atomic mass is 9.91. The predicted octanol–water partition coefficient (Wildman–Crippen LogP) is 3.21. The fourth-order valence-electron chi connectivity index (χ4n) is 2.50. The molecule has 0 heterocycles. The van der Waals surface area contributed by atoms with Gasteiger partial charge >= 0.3 is 0 Å². The number of benzene rings is 1. The van der Waals surface area contributed by atoms with Crippen molar-refractivity contribution in [1.29, 1.82) is 0 Å². The van der Waals surface area contributed by atoms with Crippen molar-refractivity contribution in [2.45, 2.75) is 39.7 Å². The molecule has 1 rings (SSSR count). The molecule has 0 amide bonds. The lowest BCUT2D eigenvalue weighted by molar-refractivity contribution is 0.278. The number of nitrogens with zero attached hydrogens (tertiary/aromatic N) is 1. The molecule has 2 heteroatoms. The van der Waals surface area contributed by atoms with Crippen LogP contribution in [0.5, 0.6) is 0 Å². The second-order valence-electron chi connectivity index (χ2n) is 5.45. The maximum Gasteiger partial charge on any atom is 0.0345 e. The summed E-state index contributed by atoms with van der Waals surface area (Å²) < 4.78 is 0. The van der Waals surface area contributed by atoms with Gasteiger partial charge in [-0.1, -0.05) is 12.1 Å². The molecule has 0 aliphatic heterocycles. The van der Waals surface area contributed by atoms with Gasteiger partial charge in [0, 0.05) is 6.04 Å². The first-order valence-electron chi connectivity index (χ1n) is 6.86. The molecule has 1 unspecified atom stereocenters. The van der Waals surface area contributed by atoms with Crippen molar-refractivity contribution >= 4 is 0 Å². The van der Waals surface area contributed by atoms with Crippen LogP contribution in [0.3, 0.4) is 0 Å². The molecular formula is C16H28N2. The summed E-state index contributed by atoms with van der Waals surface area (Å²) in [6.07, 6.45) is 2.42. The smallest absolute Gasteiger partial charge is 0.0345 e. The van der Waals surface area contributed by atoms with E-state index in [9.17, 15) is 0 Å². The second kappa shape index (κ2) is 6.91. The molecule has 1 N–H and O–H groups in total. The molecule has 0 saturated carbocycles. The molecule has 102 valence electrons. The molecule has 0 aliphatic carbocycles. The van der Waals surface area contributed by atoms with Crippen LogP contribution < -0.4 is 5.32 Å². The molecule has 0 bridgehead atoms. The van der Waals surface area contributed by atoms with E-state index in [-0.39, 0.29) is 0 Å². The summed E-state index contributed by atoms with van der Waals surface area (Å²) in [6, 6.07) is 5.09. The average molecular weight is 248 g/mol. The molecule has 1 atom stereocenters. The minimum Gasteiger partial charge on any atom is -0.320 e. The molecule has 1 aromatic carbocycles. The van der Waals surface area contributed by atoms with E-state index in [4.69, 9.17) is 0 Å². The zero-order chi connectivity index (χ0) is 13.7. The third-order valence-corrected chi connectivity index (χ3v) is 3.99. The maximum atomic E-state index is 3.23. The molecule has 0 spiro atoms. The van der Waals surface area contributed by atoms with Gasteiger partial charge in [-0.05, 0) is 83.6 Å². The standard InChI is InChI=1S/C16H28N2/c1-12-9-10-15(14(3)13(12)2)16(18(5)6)8-7-11-17-4/h9-10,16-17H,7-8,11H2,1-6H3. The molecule has 2 nitrogen and oxygen atoms in total. The van der Waals surface area contributed by atoms with Gasteiger partial charge in [-0.15, -0.1) is 0 Å². The summed E-state index contributed by atoms with van der Waals surface area (Å²) in [4.78, 5) is 2.34. The summed E-state index contributed by atoms with van der Waals surface area (Å²) >= 11 is 0. The first-order valence-corrected chi connectivity index (χ1v) is 6.86. The van der Waals surface area contributed by atoms with Gasteiger partial charge in [0.05, 0.1) is 0 Å². The highest BCUT2D eigenvalue weighted by molar-refractivity contribution is 5.40. The van der Waals surface area contributed by atoms with Crippen LogP contribution in [0, 0.1) is 20.8 Å². The van der Waals surface area contributed by atoms with Crippen LogP contribution in [0.4, 0.5) is 0 Å². The van der Waals surface area contributed by atoms with Gasteiger partial charge in [-0.2, -0.15) is 0 Å². The van der Waals surface area contributed by atoms with Crippen LogP contribution in [0.25, 0.3) is 0 Å². The van der Waals surface area contributed by atoms with E-state index in [1.807, 2.05) is 7.05 Å². The van der Waals surface area contributed by atoms with E-state index < -0.39 is 0 Å². The monoisotopic (exact) mass is 248 g/mol. The Kier molecular flexibility index (Phi) is 5.83. The third kappa shape index (κ3) is 3.56. The molecule has 18 heavy (non-hydrogen) atoms. The Morgan fingerprint density at radius 2 is 1.78 bits per heavy atom. The van der Waals surface area contributed by atoms with E-state index in [0.717, 1.165) is 6.54 Å². The van der Waals surface area contributed by atoms with Crippen molar-refractivity contribution in [2.24, 2.45) is 0 Å². The number of nitrogens with one attached hydrogen (secondary N) is 1. The van der Waals surface area contributed by atoms with Crippen molar-refractivity contribution in [3.63, 3.8) is 0 Å². The fraction of sp³-hybridized carbons (Fsp3) is 0.625. The van der Waals surface area contributed by atoms with E-state index in [0.29, 0.717) is 6.04 Å². The largest absolute Gasteiger partial charge is 0.320 e. The SMILES string of the molecule is CNCCCC(c1ccc(C)c(C)c1C)N(C)C. The van der Waals surface area contributed by atoms with E-state index in [1.54, 1.807) is 0 Å². The Balaban J connectivity index is 2.95. The van der Waals surface area contributed by atoms with Crippen LogP contribution in [0.15, 0.2) is 12.1 Å². The highest BCUT2D eigenvalue weighted by Gasteiger charge is 2.17. The molecule has 0 aliphatic rings. The van der Waals surface area contributed by atoms with E-state index in [1.165, 1.54) is 35.1 Å². The molecular weight excluding hydrogens is 220 g/mol. The number of rotatable bonds is 6. The Labute approximate surface area is 112 Å². The zero-order valence-corrected chi connectivity index (χ0v) is 12.8. The number of aryl methyl sites for hydroxylation is 1. The highest BCUT2D eigenvalue weighted by Crippen LogP contribution is 2.29. The summed E-state index contributed by atoms with van der Waals surface area (Å²) in [5, 5.41) is 3.23. The van der Waals surface area contributed by atoms with E-state index >= 15 is 0 Å². The minimum absolute atomic E-state index is 0.526. The summed E-state index contributed by atoms with van der Waals surface area (Å²) in [6.45, 7) is 7.77. The first-order chi connectivity index (χ1) is 8.49. The van der Waals surface area contributed by atoms with Crippen LogP contribution in [-0.2, 0) is 0 Å². The Morgan fingerprint density at radius 3 is 2.33 bits per heavy atom. The molecule has 1 aromatic rings. The number of hydrogen-bond acceptors (Lipinski definition) is 2. The van der Waals surface area contributed by atoms with Crippen molar-refractivity contribution in [3.8, 4) is 0 Å². The molecule has 0 fully saturated rings. The Hall–Kier alpha value is -0.860.